The highest BCUT2D eigenvalue weighted by Gasteiger charge is 1.91. The van der Waals surface area contributed by atoms with Gasteiger partial charge >= 0.3 is 8.85 Å². The Bertz CT molecular complexity index is 59.5. The lowest BCUT2D eigenvalue weighted by Crippen LogP contribution is -1.78. The quantitative estimate of drug-likeness (QED) is 0.534. The third-order valence-corrected chi connectivity index (χ3v) is 0. The van der Waals surface area contributed by atoms with Crippen LogP contribution in [0.5, 0.6) is 0 Å². The van der Waals surface area contributed by atoms with Crippen LogP contribution in [0.15, 0.2) is 0 Å². The Labute approximate surface area is 45.4 Å². The number of carboxylic acid groups (broad SMARTS) is 1. The molecule has 0 amide bonds. The van der Waals surface area contributed by atoms with E-state index in [0.29, 0.717) is 0 Å². The van der Waals surface area contributed by atoms with E-state index in [-0.39, 0.29) is 0 Å². The molecule has 0 fully saturated rings. The average molecular weight is 148 g/mol. The third-order valence-electron chi connectivity index (χ3n) is 0. The largest absolute Gasteiger partial charge is 0.481 e. The number of hydrogen-bond acceptors (Lipinski definition) is 1. The molecule has 1 N–H and O–H groups in total. The molecule has 0 spiro atoms. The van der Waals surface area contributed by atoms with Crippen molar-refractivity contribution in [2.45, 2.75) is 6.92 Å². The number of carboxylic acids is 1. The maximum atomic E-state index is 9.73. The molecular formula is C2H4F3O2P. The first-order chi connectivity index (χ1) is 3.46. The summed E-state index contributed by atoms with van der Waals surface area (Å²) >= 11 is 0. The molecule has 2 nitrogen and oxygen atoms in total. The second-order valence-electron chi connectivity index (χ2n) is 0.711. The zero-order valence-electron chi connectivity index (χ0n) is 3.94. The Hall–Kier alpha value is -0.310. The summed E-state index contributed by atoms with van der Waals surface area (Å²) in [5.74, 6) is -0.833. The summed E-state index contributed by atoms with van der Waals surface area (Å²) in [4.78, 5) is 9.00. The van der Waals surface area contributed by atoms with Gasteiger partial charge in [0.05, 0.1) is 0 Å². The van der Waals surface area contributed by atoms with Crippen LogP contribution in [-0.4, -0.2) is 11.1 Å². The van der Waals surface area contributed by atoms with Gasteiger partial charge in [-0.2, -0.15) is 12.6 Å². The van der Waals surface area contributed by atoms with Crippen LogP contribution in [0.2, 0.25) is 0 Å². The molecule has 0 aromatic carbocycles. The number of carbonyl (C=O) groups is 1. The molecule has 0 heterocycles. The lowest BCUT2D eigenvalue weighted by Gasteiger charge is -1.61. The summed E-state index contributed by atoms with van der Waals surface area (Å²) in [5.41, 5.74) is 0. The van der Waals surface area contributed by atoms with Gasteiger partial charge in [0.25, 0.3) is 5.97 Å². The summed E-state index contributed by atoms with van der Waals surface area (Å²) in [6.07, 6.45) is 0. The van der Waals surface area contributed by atoms with E-state index in [1.807, 2.05) is 0 Å². The minimum absolute atomic E-state index is 0.833. The lowest BCUT2D eigenvalue weighted by molar-refractivity contribution is -0.134. The normalized spacial score (nSPS) is 7.62. The first kappa shape index (κ1) is 10.6. The highest BCUT2D eigenvalue weighted by atomic mass is 31.2. The molecule has 0 aliphatic heterocycles. The predicted octanol–water partition coefficient (Wildman–Crippen LogP) is 2.21. The topological polar surface area (TPSA) is 37.3 Å². The minimum atomic E-state index is -4.12. The lowest BCUT2D eigenvalue weighted by atomic mass is 10.9. The summed E-state index contributed by atoms with van der Waals surface area (Å²) in [6.45, 7) is 1.08. The predicted molar refractivity (Wildman–Crippen MR) is 23.6 cm³/mol. The molecule has 0 aromatic heterocycles. The van der Waals surface area contributed by atoms with Gasteiger partial charge in [-0.3, -0.25) is 4.79 Å². The highest BCUT2D eigenvalue weighted by Crippen LogP contribution is 2.39. The Morgan fingerprint density at radius 1 is 1.50 bits per heavy atom. The zero-order valence-corrected chi connectivity index (χ0v) is 4.83. The van der Waals surface area contributed by atoms with Gasteiger partial charge in [0, 0.05) is 6.92 Å². The molecule has 0 aliphatic carbocycles. The molecule has 0 bridgehead atoms. The Balaban J connectivity index is 0. The number of rotatable bonds is 0. The van der Waals surface area contributed by atoms with Crippen LogP contribution in [0, 0.1) is 0 Å². The van der Waals surface area contributed by atoms with Gasteiger partial charge in [-0.05, 0) is 0 Å². The van der Waals surface area contributed by atoms with Crippen LogP contribution in [0.25, 0.3) is 0 Å². The molecule has 6 heteroatoms. The molecule has 0 rings (SSSR count). The summed E-state index contributed by atoms with van der Waals surface area (Å²) in [7, 11) is -4.12. The zero-order chi connectivity index (χ0) is 7.15. The average Bonchev–Trinajstić information content (AvgIpc) is 1.25. The van der Waals surface area contributed by atoms with Crippen molar-refractivity contribution in [3.8, 4) is 0 Å². The van der Waals surface area contributed by atoms with Crippen molar-refractivity contribution in [3.05, 3.63) is 0 Å². The van der Waals surface area contributed by atoms with Crippen molar-refractivity contribution in [1.29, 1.82) is 0 Å². The van der Waals surface area contributed by atoms with E-state index in [2.05, 4.69) is 0 Å². The molecular weight excluding hydrogens is 144 g/mol. The first-order valence-corrected chi connectivity index (χ1v) is 2.45. The van der Waals surface area contributed by atoms with Crippen LogP contribution >= 0.6 is 8.85 Å². The molecule has 0 atom stereocenters. The highest BCUT2D eigenvalue weighted by molar-refractivity contribution is 7.40. The molecule has 0 unspecified atom stereocenters. The molecule has 0 aromatic rings. The third kappa shape index (κ3) is 1300. The Morgan fingerprint density at radius 3 is 1.50 bits per heavy atom. The van der Waals surface area contributed by atoms with E-state index in [1.54, 1.807) is 0 Å². The Kier molecular flexibility index (Phi) is 8.89. The van der Waals surface area contributed by atoms with Crippen molar-refractivity contribution in [2.24, 2.45) is 0 Å². The van der Waals surface area contributed by atoms with Gasteiger partial charge in [-0.15, -0.1) is 0 Å². The maximum absolute atomic E-state index is 9.73. The van der Waals surface area contributed by atoms with Crippen LogP contribution in [0.3, 0.4) is 0 Å². The first-order valence-electron chi connectivity index (χ1n) is 1.43. The van der Waals surface area contributed by atoms with Crippen molar-refractivity contribution in [2.75, 3.05) is 0 Å². The standard InChI is InChI=1S/C2H4O2.F3P/c1-2(3)4;1-4(2)3/h1H3,(H,3,4);. The van der Waals surface area contributed by atoms with E-state index in [9.17, 15) is 12.6 Å². The summed E-state index contributed by atoms with van der Waals surface area (Å²) < 4.78 is 29.2. The van der Waals surface area contributed by atoms with Gasteiger partial charge in [0.15, 0.2) is 0 Å². The van der Waals surface area contributed by atoms with Crippen molar-refractivity contribution < 1.29 is 22.5 Å². The van der Waals surface area contributed by atoms with Gasteiger partial charge in [0.2, 0.25) is 0 Å². The van der Waals surface area contributed by atoms with E-state index in [0.717, 1.165) is 6.92 Å². The fourth-order valence-electron chi connectivity index (χ4n) is 0. The van der Waals surface area contributed by atoms with E-state index in [4.69, 9.17) is 9.90 Å². The second kappa shape index (κ2) is 6.69. The van der Waals surface area contributed by atoms with Crippen molar-refractivity contribution in [3.63, 3.8) is 0 Å². The van der Waals surface area contributed by atoms with Gasteiger partial charge in [0.1, 0.15) is 0 Å². The van der Waals surface area contributed by atoms with Crippen LogP contribution in [0.1, 0.15) is 6.92 Å². The number of halogens is 3. The maximum Gasteiger partial charge on any atom is 0.456 e. The van der Waals surface area contributed by atoms with Gasteiger partial charge in [-0.1, -0.05) is 0 Å². The monoisotopic (exact) mass is 148 g/mol. The summed E-state index contributed by atoms with van der Waals surface area (Å²) in [5, 5.41) is 7.42. The second-order valence-corrected chi connectivity index (χ2v) is 1.09. The van der Waals surface area contributed by atoms with E-state index in [1.165, 1.54) is 0 Å². The fraction of sp³-hybridized carbons (Fsp3) is 0.500. The number of aliphatic carboxylic acids is 1. The van der Waals surface area contributed by atoms with Crippen LogP contribution in [0.4, 0.5) is 12.6 Å². The molecule has 50 valence electrons. The molecule has 0 radical (unpaired) electrons. The fourth-order valence-corrected chi connectivity index (χ4v) is 0. The molecule has 0 aliphatic rings. The molecule has 0 saturated heterocycles. The van der Waals surface area contributed by atoms with Crippen molar-refractivity contribution >= 4 is 14.8 Å². The van der Waals surface area contributed by atoms with Crippen LogP contribution < -0.4 is 0 Å². The SMILES string of the molecule is CC(=O)O.FP(F)F. The smallest absolute Gasteiger partial charge is 0.456 e. The molecule has 8 heavy (non-hydrogen) atoms. The van der Waals surface area contributed by atoms with E-state index >= 15 is 0 Å². The van der Waals surface area contributed by atoms with Crippen LogP contribution in [-0.2, 0) is 4.79 Å². The summed E-state index contributed by atoms with van der Waals surface area (Å²) in [6, 6.07) is 0. The number of hydrogen-bond donors (Lipinski definition) is 1. The van der Waals surface area contributed by atoms with Crippen molar-refractivity contribution in [1.82, 2.24) is 0 Å². The Morgan fingerprint density at radius 2 is 1.50 bits per heavy atom. The van der Waals surface area contributed by atoms with Gasteiger partial charge in [-0.25, -0.2) is 0 Å². The molecule has 0 saturated carbocycles. The minimum Gasteiger partial charge on any atom is -0.481 e. The van der Waals surface area contributed by atoms with E-state index < -0.39 is 14.8 Å². The van der Waals surface area contributed by atoms with Gasteiger partial charge < -0.3 is 5.11 Å².